The number of carboxylic acid groups (broad SMARTS) is 1. The SMILES string of the molecule is COCCN1[C@H]2Cc3c4ccc(C(=O)O)cc4nn3[C@H]2[C@H](c2cccc(Cl)c2F)[C@]12C(=O)Nc1cc(Cl)ccc12. The van der Waals surface area contributed by atoms with Gasteiger partial charge in [-0.3, -0.25) is 14.4 Å². The van der Waals surface area contributed by atoms with E-state index in [2.05, 4.69) is 10.2 Å². The number of methoxy groups -OCH3 is 1. The van der Waals surface area contributed by atoms with Crippen molar-refractivity contribution in [1.29, 1.82) is 0 Å². The Kier molecular flexibility index (Phi) is 5.73. The normalized spacial score (nSPS) is 24.9. The molecule has 204 valence electrons. The number of halogens is 3. The van der Waals surface area contributed by atoms with E-state index in [0.29, 0.717) is 46.9 Å². The van der Waals surface area contributed by atoms with E-state index >= 15 is 4.39 Å². The van der Waals surface area contributed by atoms with E-state index in [9.17, 15) is 14.7 Å². The molecule has 0 aliphatic carbocycles. The zero-order valence-corrected chi connectivity index (χ0v) is 22.7. The Bertz CT molecular complexity index is 1740. The van der Waals surface area contributed by atoms with Gasteiger partial charge in [0.15, 0.2) is 0 Å². The predicted octanol–water partition coefficient (Wildman–Crippen LogP) is 5.24. The number of anilines is 1. The highest BCUT2D eigenvalue weighted by molar-refractivity contribution is 6.31. The Morgan fingerprint density at radius 3 is 2.83 bits per heavy atom. The summed E-state index contributed by atoms with van der Waals surface area (Å²) in [6.07, 6.45) is 0.522. The summed E-state index contributed by atoms with van der Waals surface area (Å²) in [6, 6.07) is 14.3. The fourth-order valence-corrected chi connectivity index (χ4v) is 7.51. The zero-order chi connectivity index (χ0) is 27.9. The Morgan fingerprint density at radius 2 is 2.05 bits per heavy atom. The van der Waals surface area contributed by atoms with Gasteiger partial charge in [0, 0.05) is 59.4 Å². The summed E-state index contributed by atoms with van der Waals surface area (Å²) in [6.45, 7) is 0.745. The van der Waals surface area contributed by atoms with E-state index in [1.807, 2.05) is 10.7 Å². The molecule has 11 heteroatoms. The number of ether oxygens (including phenoxy) is 1. The smallest absolute Gasteiger partial charge is 0.335 e. The Morgan fingerprint density at radius 1 is 1.23 bits per heavy atom. The summed E-state index contributed by atoms with van der Waals surface area (Å²) >= 11 is 12.6. The first kappa shape index (κ1) is 25.5. The van der Waals surface area contributed by atoms with Crippen molar-refractivity contribution in [2.45, 2.75) is 30.0 Å². The fraction of sp³-hybridized carbons (Fsp3) is 0.276. The van der Waals surface area contributed by atoms with Crippen molar-refractivity contribution in [2.24, 2.45) is 0 Å². The lowest BCUT2D eigenvalue weighted by Crippen LogP contribution is -2.53. The van der Waals surface area contributed by atoms with Gasteiger partial charge in [0.25, 0.3) is 0 Å². The number of fused-ring (bicyclic) bond motifs is 7. The van der Waals surface area contributed by atoms with Crippen LogP contribution in [-0.2, 0) is 21.5 Å². The lowest BCUT2D eigenvalue weighted by atomic mass is 9.73. The summed E-state index contributed by atoms with van der Waals surface area (Å²) in [7, 11) is 1.60. The molecular formula is C29H23Cl2FN4O4. The highest BCUT2D eigenvalue weighted by atomic mass is 35.5. The number of aromatic nitrogens is 2. The number of nitrogens with zero attached hydrogens (tertiary/aromatic N) is 3. The van der Waals surface area contributed by atoms with Crippen LogP contribution in [0.25, 0.3) is 10.9 Å². The molecule has 1 saturated heterocycles. The third-order valence-corrected chi connectivity index (χ3v) is 9.14. The van der Waals surface area contributed by atoms with Crippen molar-refractivity contribution in [3.63, 3.8) is 0 Å². The molecule has 0 saturated carbocycles. The maximum Gasteiger partial charge on any atom is 0.335 e. The van der Waals surface area contributed by atoms with E-state index in [4.69, 9.17) is 33.0 Å². The maximum atomic E-state index is 16.0. The molecule has 1 spiro atoms. The summed E-state index contributed by atoms with van der Waals surface area (Å²) in [5.41, 5.74) is 1.84. The molecule has 2 N–H and O–H groups in total. The minimum absolute atomic E-state index is 0.0378. The molecule has 0 unspecified atom stereocenters. The number of hydrogen-bond donors (Lipinski definition) is 2. The third-order valence-electron chi connectivity index (χ3n) is 8.61. The second-order valence-corrected chi connectivity index (χ2v) is 11.3. The van der Waals surface area contributed by atoms with E-state index in [1.165, 1.54) is 6.07 Å². The molecule has 1 fully saturated rings. The number of carbonyl (C=O) groups excluding carboxylic acids is 1. The number of carbonyl (C=O) groups is 2. The van der Waals surface area contributed by atoms with Gasteiger partial charge in [0.1, 0.15) is 11.4 Å². The van der Waals surface area contributed by atoms with Crippen LogP contribution in [0, 0.1) is 5.82 Å². The molecule has 7 rings (SSSR count). The van der Waals surface area contributed by atoms with Gasteiger partial charge in [-0.05, 0) is 35.9 Å². The molecule has 4 heterocycles. The standard InChI is InChI=1S/C29H23Cl2FN4O4/c1-40-10-9-35-23-13-22-16-7-5-14(27(37)38)11-20(16)34-36(22)26(23)24(17-3-2-4-19(31)25(17)32)29(35)18-8-6-15(30)12-21(18)33-28(29)39/h2-8,11-12,23-24,26H,9-10,13H2,1H3,(H,33,39)(H,37,38)/t23-,24-,26+,29+/m0/s1. The van der Waals surface area contributed by atoms with E-state index < -0.39 is 29.3 Å². The molecule has 3 aliphatic heterocycles. The highest BCUT2D eigenvalue weighted by Crippen LogP contribution is 2.63. The van der Waals surface area contributed by atoms with Crippen LogP contribution in [-0.4, -0.2) is 58.0 Å². The topological polar surface area (TPSA) is 96.7 Å². The summed E-state index contributed by atoms with van der Waals surface area (Å²) < 4.78 is 23.3. The number of aromatic carboxylic acids is 1. The number of nitrogens with one attached hydrogen (secondary N) is 1. The minimum Gasteiger partial charge on any atom is -0.478 e. The van der Waals surface area contributed by atoms with Gasteiger partial charge in [-0.15, -0.1) is 0 Å². The Hall–Kier alpha value is -3.50. The van der Waals surface area contributed by atoms with Crippen LogP contribution in [0.1, 0.15) is 39.1 Å². The van der Waals surface area contributed by atoms with Gasteiger partial charge >= 0.3 is 5.97 Å². The highest BCUT2D eigenvalue weighted by Gasteiger charge is 2.69. The Labute approximate surface area is 238 Å². The second kappa shape index (κ2) is 9.01. The first-order valence-corrected chi connectivity index (χ1v) is 13.6. The van der Waals surface area contributed by atoms with Crippen LogP contribution < -0.4 is 5.32 Å². The largest absolute Gasteiger partial charge is 0.478 e. The van der Waals surface area contributed by atoms with Crippen LogP contribution in [0.3, 0.4) is 0 Å². The number of carboxylic acids is 1. The number of rotatable bonds is 5. The quantitative estimate of drug-likeness (QED) is 0.335. The van der Waals surface area contributed by atoms with Gasteiger partial charge in [0.2, 0.25) is 5.91 Å². The molecule has 4 aromatic rings. The average Bonchev–Trinajstić information content (AvgIpc) is 3.61. The van der Waals surface area contributed by atoms with E-state index in [0.717, 1.165) is 11.1 Å². The van der Waals surface area contributed by atoms with Gasteiger partial charge in [-0.2, -0.15) is 5.10 Å². The number of amides is 1. The van der Waals surface area contributed by atoms with Crippen molar-refractivity contribution >= 4 is 51.7 Å². The van der Waals surface area contributed by atoms with Crippen LogP contribution in [0.2, 0.25) is 10.0 Å². The molecule has 3 aliphatic rings. The van der Waals surface area contributed by atoms with Crippen LogP contribution in [0.15, 0.2) is 54.6 Å². The van der Waals surface area contributed by atoms with Crippen LogP contribution >= 0.6 is 23.2 Å². The monoisotopic (exact) mass is 580 g/mol. The van der Waals surface area contributed by atoms with E-state index in [-0.39, 0.29) is 22.5 Å². The van der Waals surface area contributed by atoms with Crippen molar-refractivity contribution in [3.05, 3.63) is 92.8 Å². The van der Waals surface area contributed by atoms with Crippen LogP contribution in [0.5, 0.6) is 0 Å². The van der Waals surface area contributed by atoms with Crippen molar-refractivity contribution in [1.82, 2.24) is 14.7 Å². The molecule has 1 amide bonds. The average molecular weight is 581 g/mol. The van der Waals surface area contributed by atoms with Crippen molar-refractivity contribution in [3.8, 4) is 0 Å². The van der Waals surface area contributed by atoms with Crippen LogP contribution in [0.4, 0.5) is 10.1 Å². The van der Waals surface area contributed by atoms with Crippen molar-refractivity contribution in [2.75, 3.05) is 25.6 Å². The number of hydrogen-bond acceptors (Lipinski definition) is 5. The van der Waals surface area contributed by atoms with Crippen molar-refractivity contribution < 1.29 is 23.8 Å². The molecule has 3 aromatic carbocycles. The summed E-state index contributed by atoms with van der Waals surface area (Å²) in [4.78, 5) is 28.0. The van der Waals surface area contributed by atoms with Gasteiger partial charge in [-0.1, -0.05) is 47.5 Å². The lowest BCUT2D eigenvalue weighted by Gasteiger charge is -2.40. The van der Waals surface area contributed by atoms with Gasteiger partial charge in [0.05, 0.1) is 28.8 Å². The summed E-state index contributed by atoms with van der Waals surface area (Å²) in [5.74, 6) is -2.65. The van der Waals surface area contributed by atoms with Gasteiger partial charge < -0.3 is 15.2 Å². The fourth-order valence-electron chi connectivity index (χ4n) is 7.16. The summed E-state index contributed by atoms with van der Waals surface area (Å²) in [5, 5.41) is 18.7. The molecule has 8 nitrogen and oxygen atoms in total. The first-order chi connectivity index (χ1) is 19.3. The number of likely N-dealkylation sites (tertiary alicyclic amines) is 1. The zero-order valence-electron chi connectivity index (χ0n) is 21.2. The molecule has 0 bridgehead atoms. The minimum atomic E-state index is -1.30. The molecular weight excluding hydrogens is 558 g/mol. The third kappa shape index (κ3) is 3.29. The Balaban J connectivity index is 1.52. The predicted molar refractivity (Wildman–Crippen MR) is 148 cm³/mol. The molecule has 1 aromatic heterocycles. The molecule has 4 atom stereocenters. The number of benzene rings is 3. The second-order valence-electron chi connectivity index (χ2n) is 10.4. The first-order valence-electron chi connectivity index (χ1n) is 12.8. The van der Waals surface area contributed by atoms with E-state index in [1.54, 1.807) is 49.6 Å². The maximum absolute atomic E-state index is 16.0. The molecule has 0 radical (unpaired) electrons. The van der Waals surface area contributed by atoms with Gasteiger partial charge in [-0.25, -0.2) is 9.18 Å². The lowest BCUT2D eigenvalue weighted by molar-refractivity contribution is -0.128. The molecule has 40 heavy (non-hydrogen) atoms.